The average molecular weight is 215 g/mol. The van der Waals surface area contributed by atoms with Gasteiger partial charge in [-0.1, -0.05) is 28.1 Å². The molecule has 0 saturated heterocycles. The Kier molecular flexibility index (Phi) is 1.72. The molecule has 0 radical (unpaired) electrons. The van der Waals surface area contributed by atoms with Crippen LogP contribution in [0.3, 0.4) is 0 Å². The maximum absolute atomic E-state index is 13.1. The van der Waals surface area contributed by atoms with Gasteiger partial charge in [0, 0.05) is 4.47 Å². The lowest BCUT2D eigenvalue weighted by atomic mass is 10.1. The Balaban J connectivity index is 2.57. The van der Waals surface area contributed by atoms with Gasteiger partial charge < -0.3 is 0 Å². The van der Waals surface area contributed by atoms with Crippen LogP contribution in [-0.4, -0.2) is 0 Å². The summed E-state index contributed by atoms with van der Waals surface area (Å²) in [6.07, 6.45) is 0.790. The Morgan fingerprint density at radius 2 is 2.27 bits per heavy atom. The van der Waals surface area contributed by atoms with Crippen molar-refractivity contribution in [2.75, 3.05) is 0 Å². The van der Waals surface area contributed by atoms with E-state index in [1.807, 2.05) is 18.2 Å². The zero-order chi connectivity index (χ0) is 7.84. The first-order valence-corrected chi connectivity index (χ1v) is 4.49. The molecule has 1 atom stereocenters. The number of halogens is 2. The standard InChI is InChI=1S/C9H8BrF/c10-8-3-1-2-7-6(8)4-5-9(7)11/h1-3,9H,4-5H2. The second-order valence-electron chi connectivity index (χ2n) is 2.81. The van der Waals surface area contributed by atoms with Gasteiger partial charge in [0.15, 0.2) is 0 Å². The molecular weight excluding hydrogens is 207 g/mol. The fourth-order valence-electron chi connectivity index (χ4n) is 1.56. The van der Waals surface area contributed by atoms with Crippen molar-refractivity contribution in [2.24, 2.45) is 0 Å². The average Bonchev–Trinajstić information content (AvgIpc) is 2.35. The van der Waals surface area contributed by atoms with Crippen molar-refractivity contribution >= 4 is 15.9 Å². The van der Waals surface area contributed by atoms with Crippen LogP contribution in [0, 0.1) is 0 Å². The smallest absolute Gasteiger partial charge is 0.126 e. The van der Waals surface area contributed by atoms with Crippen LogP contribution in [0.1, 0.15) is 23.7 Å². The highest BCUT2D eigenvalue weighted by molar-refractivity contribution is 9.10. The van der Waals surface area contributed by atoms with Gasteiger partial charge in [-0.3, -0.25) is 0 Å². The van der Waals surface area contributed by atoms with Gasteiger partial charge in [0.25, 0.3) is 0 Å². The van der Waals surface area contributed by atoms with Gasteiger partial charge in [0.1, 0.15) is 6.17 Å². The fraction of sp³-hybridized carbons (Fsp3) is 0.333. The molecular formula is C9H8BrF. The number of hydrogen-bond acceptors (Lipinski definition) is 0. The second-order valence-corrected chi connectivity index (χ2v) is 3.67. The molecule has 1 aliphatic carbocycles. The molecule has 1 aromatic carbocycles. The highest BCUT2D eigenvalue weighted by Crippen LogP contribution is 2.37. The fourth-order valence-corrected chi connectivity index (χ4v) is 2.14. The molecule has 58 valence electrons. The summed E-state index contributed by atoms with van der Waals surface area (Å²) in [5.41, 5.74) is 2.03. The van der Waals surface area contributed by atoms with Crippen LogP contribution >= 0.6 is 15.9 Å². The van der Waals surface area contributed by atoms with Crippen molar-refractivity contribution in [2.45, 2.75) is 19.0 Å². The van der Waals surface area contributed by atoms with Crippen LogP contribution in [0.25, 0.3) is 0 Å². The topological polar surface area (TPSA) is 0 Å². The molecule has 0 heterocycles. The summed E-state index contributed by atoms with van der Waals surface area (Å²) >= 11 is 3.41. The van der Waals surface area contributed by atoms with Crippen LogP contribution < -0.4 is 0 Å². The first kappa shape index (κ1) is 7.29. The third-order valence-electron chi connectivity index (χ3n) is 2.14. The summed E-state index contributed by atoms with van der Waals surface area (Å²) < 4.78 is 14.1. The van der Waals surface area contributed by atoms with E-state index in [4.69, 9.17) is 0 Å². The van der Waals surface area contributed by atoms with Crippen LogP contribution in [0.5, 0.6) is 0 Å². The number of hydrogen-bond donors (Lipinski definition) is 0. The summed E-state index contributed by atoms with van der Waals surface area (Å²) in [6, 6.07) is 5.73. The SMILES string of the molecule is FC1CCc2c(Br)cccc21. The molecule has 1 unspecified atom stereocenters. The van der Waals surface area contributed by atoms with Crippen molar-refractivity contribution in [3.63, 3.8) is 0 Å². The van der Waals surface area contributed by atoms with Gasteiger partial charge in [0.2, 0.25) is 0 Å². The van der Waals surface area contributed by atoms with E-state index in [-0.39, 0.29) is 0 Å². The minimum Gasteiger partial charge on any atom is -0.242 e. The van der Waals surface area contributed by atoms with Crippen LogP contribution in [-0.2, 0) is 6.42 Å². The van der Waals surface area contributed by atoms with Crippen molar-refractivity contribution in [1.29, 1.82) is 0 Å². The molecule has 0 aromatic heterocycles. The molecule has 0 amide bonds. The molecule has 0 fully saturated rings. The maximum atomic E-state index is 13.1. The lowest BCUT2D eigenvalue weighted by Crippen LogP contribution is -1.84. The zero-order valence-electron chi connectivity index (χ0n) is 5.98. The largest absolute Gasteiger partial charge is 0.242 e. The van der Waals surface area contributed by atoms with E-state index in [1.165, 1.54) is 0 Å². The normalized spacial score (nSPS) is 21.8. The highest BCUT2D eigenvalue weighted by atomic mass is 79.9. The lowest BCUT2D eigenvalue weighted by Gasteiger charge is -2.01. The minimum absolute atomic E-state index is 0.651. The predicted molar refractivity (Wildman–Crippen MR) is 46.3 cm³/mol. The molecule has 1 aliphatic rings. The van der Waals surface area contributed by atoms with E-state index in [1.54, 1.807) is 0 Å². The molecule has 0 N–H and O–H groups in total. The van der Waals surface area contributed by atoms with Crippen molar-refractivity contribution in [3.8, 4) is 0 Å². The Morgan fingerprint density at radius 1 is 1.45 bits per heavy atom. The van der Waals surface area contributed by atoms with Crippen LogP contribution in [0.4, 0.5) is 4.39 Å². The Morgan fingerprint density at radius 3 is 3.00 bits per heavy atom. The number of fused-ring (bicyclic) bond motifs is 1. The molecule has 2 heteroatoms. The van der Waals surface area contributed by atoms with Gasteiger partial charge in [0.05, 0.1) is 0 Å². The number of rotatable bonds is 0. The highest BCUT2D eigenvalue weighted by Gasteiger charge is 2.22. The molecule has 1 aromatic rings. The molecule has 0 bridgehead atoms. The summed E-state index contributed by atoms with van der Waals surface area (Å²) in [4.78, 5) is 0. The van der Waals surface area contributed by atoms with E-state index in [0.29, 0.717) is 6.42 Å². The first-order chi connectivity index (χ1) is 5.29. The molecule has 0 aliphatic heterocycles. The molecule has 0 nitrogen and oxygen atoms in total. The first-order valence-electron chi connectivity index (χ1n) is 3.70. The Hall–Kier alpha value is -0.370. The number of benzene rings is 1. The summed E-state index contributed by atoms with van der Waals surface area (Å²) in [6.45, 7) is 0. The zero-order valence-corrected chi connectivity index (χ0v) is 7.57. The molecule has 0 saturated carbocycles. The quantitative estimate of drug-likeness (QED) is 0.622. The summed E-state index contributed by atoms with van der Waals surface area (Å²) in [7, 11) is 0. The molecule has 2 rings (SSSR count). The van der Waals surface area contributed by atoms with Crippen LogP contribution in [0.15, 0.2) is 22.7 Å². The van der Waals surface area contributed by atoms with Gasteiger partial charge in [-0.05, 0) is 30.0 Å². The second kappa shape index (κ2) is 2.59. The Bertz CT molecular complexity index is 283. The van der Waals surface area contributed by atoms with Gasteiger partial charge in [-0.15, -0.1) is 0 Å². The number of alkyl halides is 1. The monoisotopic (exact) mass is 214 g/mol. The van der Waals surface area contributed by atoms with Gasteiger partial charge in [-0.2, -0.15) is 0 Å². The minimum atomic E-state index is -0.734. The maximum Gasteiger partial charge on any atom is 0.126 e. The predicted octanol–water partition coefficient (Wildman–Crippen LogP) is 3.41. The lowest BCUT2D eigenvalue weighted by molar-refractivity contribution is 0.344. The Labute approximate surface area is 73.6 Å². The third kappa shape index (κ3) is 1.09. The van der Waals surface area contributed by atoms with Crippen molar-refractivity contribution in [3.05, 3.63) is 33.8 Å². The molecule has 11 heavy (non-hydrogen) atoms. The van der Waals surface area contributed by atoms with Crippen molar-refractivity contribution in [1.82, 2.24) is 0 Å². The summed E-state index contributed by atoms with van der Waals surface area (Å²) in [5, 5.41) is 0. The van der Waals surface area contributed by atoms with E-state index in [2.05, 4.69) is 15.9 Å². The van der Waals surface area contributed by atoms with E-state index in [9.17, 15) is 4.39 Å². The van der Waals surface area contributed by atoms with Gasteiger partial charge >= 0.3 is 0 Å². The van der Waals surface area contributed by atoms with E-state index >= 15 is 0 Å². The molecule has 0 spiro atoms. The summed E-state index contributed by atoms with van der Waals surface area (Å²) in [5.74, 6) is 0. The van der Waals surface area contributed by atoms with Gasteiger partial charge in [-0.25, -0.2) is 4.39 Å². The van der Waals surface area contributed by atoms with Crippen molar-refractivity contribution < 1.29 is 4.39 Å². The van der Waals surface area contributed by atoms with E-state index < -0.39 is 6.17 Å². The van der Waals surface area contributed by atoms with E-state index in [0.717, 1.165) is 22.0 Å². The third-order valence-corrected chi connectivity index (χ3v) is 2.88. The van der Waals surface area contributed by atoms with Crippen LogP contribution in [0.2, 0.25) is 0 Å².